The second kappa shape index (κ2) is 5.85. The third-order valence-corrected chi connectivity index (χ3v) is 3.10. The molecule has 0 fully saturated rings. The van der Waals surface area contributed by atoms with Crippen LogP contribution in [0.3, 0.4) is 0 Å². The number of hydrogen-bond donors (Lipinski definition) is 3. The summed E-state index contributed by atoms with van der Waals surface area (Å²) >= 11 is 0. The van der Waals surface area contributed by atoms with E-state index in [0.29, 0.717) is 24.5 Å². The summed E-state index contributed by atoms with van der Waals surface area (Å²) < 4.78 is 27.1. The van der Waals surface area contributed by atoms with Crippen LogP contribution in [0, 0.1) is 0 Å². The minimum absolute atomic E-state index is 0.0115. The van der Waals surface area contributed by atoms with Crippen molar-refractivity contribution in [3.8, 4) is 0 Å². The topological polar surface area (TPSA) is 107 Å². The van der Waals surface area contributed by atoms with Crippen molar-refractivity contribution < 1.29 is 13.2 Å². The molecule has 1 aromatic carbocycles. The molecular formula is C10H17N3O3S. The second-order valence-corrected chi connectivity index (χ2v) is 5.13. The molecule has 0 aromatic heterocycles. The molecule has 6 nitrogen and oxygen atoms in total. The number of hydrogen-bond acceptors (Lipinski definition) is 5. The lowest BCUT2D eigenvalue weighted by Crippen LogP contribution is -2.13. The zero-order valence-electron chi connectivity index (χ0n) is 9.64. The molecule has 17 heavy (non-hydrogen) atoms. The van der Waals surface area contributed by atoms with Gasteiger partial charge in [0.1, 0.15) is 0 Å². The summed E-state index contributed by atoms with van der Waals surface area (Å²) in [6, 6.07) is 4.36. The molecule has 0 saturated heterocycles. The van der Waals surface area contributed by atoms with Gasteiger partial charge in [-0.3, -0.25) is 0 Å². The maximum atomic E-state index is 11.1. The molecule has 0 radical (unpaired) electrons. The van der Waals surface area contributed by atoms with Crippen LogP contribution < -0.4 is 16.2 Å². The van der Waals surface area contributed by atoms with Crippen molar-refractivity contribution in [1.82, 2.24) is 0 Å². The van der Waals surface area contributed by atoms with Crippen LogP contribution >= 0.6 is 0 Å². The summed E-state index contributed by atoms with van der Waals surface area (Å²) in [5.41, 5.74) is 6.76. The van der Waals surface area contributed by atoms with Crippen LogP contribution in [-0.4, -0.2) is 28.7 Å². The molecule has 0 unspecified atom stereocenters. The first-order chi connectivity index (χ1) is 7.95. The van der Waals surface area contributed by atoms with E-state index in [4.69, 9.17) is 15.6 Å². The first-order valence-electron chi connectivity index (χ1n) is 5.10. The quantitative estimate of drug-likeness (QED) is 0.505. The Bertz CT molecular complexity index is 474. The van der Waals surface area contributed by atoms with E-state index >= 15 is 0 Å². The first-order valence-corrected chi connectivity index (χ1v) is 6.65. The lowest BCUT2D eigenvalue weighted by Gasteiger charge is -2.10. The van der Waals surface area contributed by atoms with Crippen LogP contribution in [0.5, 0.6) is 0 Å². The fourth-order valence-electron chi connectivity index (χ4n) is 1.32. The molecule has 7 heteroatoms. The highest BCUT2D eigenvalue weighted by atomic mass is 32.2. The number of nitrogens with two attached hydrogens (primary N) is 2. The fraction of sp³-hybridized carbons (Fsp3) is 0.400. The van der Waals surface area contributed by atoms with E-state index in [1.165, 1.54) is 12.1 Å². The normalized spacial score (nSPS) is 11.4. The Morgan fingerprint density at radius 1 is 1.41 bits per heavy atom. The minimum Gasteiger partial charge on any atom is -0.397 e. The van der Waals surface area contributed by atoms with Crippen molar-refractivity contribution in [2.24, 2.45) is 5.14 Å². The van der Waals surface area contributed by atoms with E-state index in [-0.39, 0.29) is 4.90 Å². The van der Waals surface area contributed by atoms with Gasteiger partial charge in [-0.2, -0.15) is 0 Å². The Hall–Kier alpha value is -1.31. The van der Waals surface area contributed by atoms with Gasteiger partial charge in [0.2, 0.25) is 10.0 Å². The molecule has 0 bridgehead atoms. The van der Waals surface area contributed by atoms with Gasteiger partial charge in [0.25, 0.3) is 0 Å². The summed E-state index contributed by atoms with van der Waals surface area (Å²) in [5, 5.41) is 8.08. The highest BCUT2D eigenvalue weighted by molar-refractivity contribution is 7.89. The summed E-state index contributed by atoms with van der Waals surface area (Å²) in [7, 11) is -2.06. The van der Waals surface area contributed by atoms with Gasteiger partial charge in [0, 0.05) is 20.3 Å². The van der Waals surface area contributed by atoms with E-state index in [1.54, 1.807) is 13.2 Å². The van der Waals surface area contributed by atoms with Gasteiger partial charge in [-0.05, 0) is 24.6 Å². The summed E-state index contributed by atoms with van der Waals surface area (Å²) in [4.78, 5) is 0.0115. The number of ether oxygens (including phenoxy) is 1. The molecule has 5 N–H and O–H groups in total. The molecule has 96 valence electrons. The molecular weight excluding hydrogens is 242 g/mol. The highest BCUT2D eigenvalue weighted by Crippen LogP contribution is 2.21. The third-order valence-electron chi connectivity index (χ3n) is 2.19. The zero-order chi connectivity index (χ0) is 12.9. The molecule has 0 spiro atoms. The van der Waals surface area contributed by atoms with Gasteiger partial charge in [0.05, 0.1) is 16.3 Å². The maximum Gasteiger partial charge on any atom is 0.238 e. The number of methoxy groups -OCH3 is 1. The van der Waals surface area contributed by atoms with Crippen LogP contribution in [0.15, 0.2) is 23.1 Å². The Morgan fingerprint density at radius 3 is 2.65 bits per heavy atom. The van der Waals surface area contributed by atoms with E-state index in [0.717, 1.165) is 6.42 Å². The standard InChI is InChI=1S/C10H17N3O3S/c1-16-6-2-5-13-10-4-3-8(7-9(10)11)17(12,14)15/h3-4,7,13H,2,5-6,11H2,1H3,(H2,12,14,15). The van der Waals surface area contributed by atoms with Gasteiger partial charge in [-0.25, -0.2) is 13.6 Å². The molecule has 1 aromatic rings. The van der Waals surface area contributed by atoms with E-state index in [1.807, 2.05) is 0 Å². The van der Waals surface area contributed by atoms with Crippen LogP contribution in [0.25, 0.3) is 0 Å². The molecule has 0 atom stereocenters. The molecule has 0 heterocycles. The predicted octanol–water partition coefficient (Wildman–Crippen LogP) is 0.365. The third kappa shape index (κ3) is 4.22. The summed E-state index contributed by atoms with van der Waals surface area (Å²) in [6.45, 7) is 1.36. The number of benzene rings is 1. The SMILES string of the molecule is COCCCNc1ccc(S(N)(=O)=O)cc1N. The monoisotopic (exact) mass is 259 g/mol. The molecule has 0 aliphatic rings. The van der Waals surface area contributed by atoms with E-state index in [9.17, 15) is 8.42 Å². The zero-order valence-corrected chi connectivity index (χ0v) is 10.5. The predicted molar refractivity (Wildman–Crippen MR) is 67.2 cm³/mol. The maximum absolute atomic E-state index is 11.1. The largest absolute Gasteiger partial charge is 0.397 e. The number of sulfonamides is 1. The Morgan fingerprint density at radius 2 is 2.12 bits per heavy atom. The van der Waals surface area contributed by atoms with Crippen LogP contribution in [0.4, 0.5) is 11.4 Å². The lowest BCUT2D eigenvalue weighted by molar-refractivity contribution is 0.198. The van der Waals surface area contributed by atoms with Crippen molar-refractivity contribution in [3.05, 3.63) is 18.2 Å². The Labute approximate surface area is 101 Å². The average molecular weight is 259 g/mol. The van der Waals surface area contributed by atoms with Gasteiger partial charge in [-0.15, -0.1) is 0 Å². The van der Waals surface area contributed by atoms with Gasteiger partial charge >= 0.3 is 0 Å². The highest BCUT2D eigenvalue weighted by Gasteiger charge is 2.09. The van der Waals surface area contributed by atoms with Gasteiger partial charge in [-0.1, -0.05) is 0 Å². The van der Waals surface area contributed by atoms with Crippen molar-refractivity contribution in [3.63, 3.8) is 0 Å². The molecule has 1 rings (SSSR count). The average Bonchev–Trinajstić information content (AvgIpc) is 2.24. The number of nitrogen functional groups attached to an aromatic ring is 1. The Balaban J connectivity index is 2.70. The molecule has 0 aliphatic heterocycles. The second-order valence-electron chi connectivity index (χ2n) is 3.57. The lowest BCUT2D eigenvalue weighted by atomic mass is 10.2. The van der Waals surface area contributed by atoms with Crippen molar-refractivity contribution in [2.75, 3.05) is 31.3 Å². The minimum atomic E-state index is -3.70. The Kier molecular flexibility index (Phi) is 4.73. The molecule has 0 aliphatic carbocycles. The molecule has 0 saturated carbocycles. The van der Waals surface area contributed by atoms with Crippen LogP contribution in [0.1, 0.15) is 6.42 Å². The summed E-state index contributed by atoms with van der Waals surface area (Å²) in [5.74, 6) is 0. The van der Waals surface area contributed by atoms with Gasteiger partial charge < -0.3 is 15.8 Å². The van der Waals surface area contributed by atoms with Crippen LogP contribution in [0.2, 0.25) is 0 Å². The van der Waals surface area contributed by atoms with Gasteiger partial charge in [0.15, 0.2) is 0 Å². The van der Waals surface area contributed by atoms with E-state index in [2.05, 4.69) is 5.32 Å². The number of anilines is 2. The van der Waals surface area contributed by atoms with Crippen LogP contribution in [-0.2, 0) is 14.8 Å². The van der Waals surface area contributed by atoms with Crippen molar-refractivity contribution in [1.29, 1.82) is 0 Å². The number of primary sulfonamides is 1. The number of nitrogens with one attached hydrogen (secondary N) is 1. The van der Waals surface area contributed by atoms with Crippen molar-refractivity contribution >= 4 is 21.4 Å². The smallest absolute Gasteiger partial charge is 0.238 e. The number of rotatable bonds is 6. The van der Waals surface area contributed by atoms with Crippen molar-refractivity contribution in [2.45, 2.75) is 11.3 Å². The first kappa shape index (κ1) is 13.8. The fourth-order valence-corrected chi connectivity index (χ4v) is 1.87. The van der Waals surface area contributed by atoms with E-state index < -0.39 is 10.0 Å². The molecule has 0 amide bonds. The summed E-state index contributed by atoms with van der Waals surface area (Å²) in [6.07, 6.45) is 0.840.